The molecule has 1 atom stereocenters. The summed E-state index contributed by atoms with van der Waals surface area (Å²) in [7, 11) is -2.98. The van der Waals surface area contributed by atoms with Crippen LogP contribution >= 0.6 is 7.60 Å². The maximum absolute atomic E-state index is 11.7. The summed E-state index contributed by atoms with van der Waals surface area (Å²) in [5, 5.41) is 0. The SMILES string of the molecule is CCOC(=O)CCOP(=O)(CC)OCC. The molecule has 0 spiro atoms. The second-order valence-corrected chi connectivity index (χ2v) is 5.10. The summed E-state index contributed by atoms with van der Waals surface area (Å²) in [6.45, 7) is 5.96. The number of esters is 1. The van der Waals surface area contributed by atoms with Crippen molar-refractivity contribution in [3.8, 4) is 0 Å². The van der Waals surface area contributed by atoms with Gasteiger partial charge in [0.25, 0.3) is 0 Å². The molecule has 0 saturated carbocycles. The lowest BCUT2D eigenvalue weighted by atomic mass is 10.5. The Morgan fingerprint density at radius 3 is 2.27 bits per heavy atom. The van der Waals surface area contributed by atoms with E-state index in [0.29, 0.717) is 19.4 Å². The Labute approximate surface area is 90.6 Å². The van der Waals surface area contributed by atoms with Crippen molar-refractivity contribution >= 4 is 13.6 Å². The van der Waals surface area contributed by atoms with Crippen molar-refractivity contribution < 1.29 is 23.1 Å². The fraction of sp³-hybridized carbons (Fsp3) is 0.889. The molecule has 6 heteroatoms. The molecule has 0 aliphatic rings. The fourth-order valence-electron chi connectivity index (χ4n) is 0.918. The molecular formula is C9H19O5P. The van der Waals surface area contributed by atoms with E-state index in [1.165, 1.54) is 0 Å². The molecule has 0 aromatic carbocycles. The second kappa shape index (κ2) is 7.85. The van der Waals surface area contributed by atoms with Gasteiger partial charge in [0.2, 0.25) is 0 Å². The van der Waals surface area contributed by atoms with Crippen molar-refractivity contribution in [3.05, 3.63) is 0 Å². The van der Waals surface area contributed by atoms with Crippen molar-refractivity contribution in [2.75, 3.05) is 26.0 Å². The van der Waals surface area contributed by atoms with Crippen molar-refractivity contribution in [1.82, 2.24) is 0 Å². The molecule has 0 aromatic rings. The lowest BCUT2D eigenvalue weighted by Crippen LogP contribution is -2.08. The van der Waals surface area contributed by atoms with Gasteiger partial charge in [-0.05, 0) is 13.8 Å². The first kappa shape index (κ1) is 14.6. The number of ether oxygens (including phenoxy) is 1. The molecule has 1 unspecified atom stereocenters. The van der Waals surface area contributed by atoms with Crippen LogP contribution in [0.1, 0.15) is 27.2 Å². The lowest BCUT2D eigenvalue weighted by Gasteiger charge is -2.15. The molecule has 0 aliphatic carbocycles. The molecular weight excluding hydrogens is 219 g/mol. The van der Waals surface area contributed by atoms with E-state index in [0.717, 1.165) is 0 Å². The number of carbonyl (C=O) groups excluding carboxylic acids is 1. The molecule has 0 saturated heterocycles. The number of rotatable bonds is 8. The molecule has 90 valence electrons. The molecule has 0 rings (SSSR count). The van der Waals surface area contributed by atoms with Crippen LogP contribution in [0.3, 0.4) is 0 Å². The molecule has 0 aromatic heterocycles. The van der Waals surface area contributed by atoms with Gasteiger partial charge in [-0.15, -0.1) is 0 Å². The van der Waals surface area contributed by atoms with Gasteiger partial charge < -0.3 is 13.8 Å². The van der Waals surface area contributed by atoms with E-state index >= 15 is 0 Å². The summed E-state index contributed by atoms with van der Waals surface area (Å²) in [4.78, 5) is 10.9. The zero-order valence-corrected chi connectivity index (χ0v) is 10.4. The Kier molecular flexibility index (Phi) is 7.65. The average Bonchev–Trinajstić information content (AvgIpc) is 2.18. The minimum absolute atomic E-state index is 0.0734. The highest BCUT2D eigenvalue weighted by Gasteiger charge is 2.21. The Bertz CT molecular complexity index is 229. The van der Waals surface area contributed by atoms with Gasteiger partial charge in [-0.1, -0.05) is 6.92 Å². The van der Waals surface area contributed by atoms with Crippen LogP contribution in [-0.2, 0) is 23.1 Å². The predicted molar refractivity (Wildman–Crippen MR) is 57.0 cm³/mol. The quantitative estimate of drug-likeness (QED) is 0.479. The van der Waals surface area contributed by atoms with Gasteiger partial charge in [0.15, 0.2) is 0 Å². The molecule has 0 aliphatic heterocycles. The fourth-order valence-corrected chi connectivity index (χ4v) is 2.12. The van der Waals surface area contributed by atoms with E-state index in [1.54, 1.807) is 20.8 Å². The van der Waals surface area contributed by atoms with E-state index in [2.05, 4.69) is 0 Å². The molecule has 0 bridgehead atoms. The molecule has 0 N–H and O–H groups in total. The van der Waals surface area contributed by atoms with E-state index in [4.69, 9.17) is 13.8 Å². The summed E-state index contributed by atoms with van der Waals surface area (Å²) in [5.74, 6) is -0.350. The summed E-state index contributed by atoms with van der Waals surface area (Å²) < 4.78 is 26.5. The number of hydrogen-bond acceptors (Lipinski definition) is 5. The van der Waals surface area contributed by atoms with Crippen LogP contribution in [-0.4, -0.2) is 32.0 Å². The zero-order valence-electron chi connectivity index (χ0n) is 9.52. The molecule has 15 heavy (non-hydrogen) atoms. The molecule has 5 nitrogen and oxygen atoms in total. The second-order valence-electron chi connectivity index (χ2n) is 2.73. The van der Waals surface area contributed by atoms with Crippen LogP contribution in [0.4, 0.5) is 0 Å². The van der Waals surface area contributed by atoms with Crippen LogP contribution < -0.4 is 0 Å². The largest absolute Gasteiger partial charge is 0.466 e. The number of hydrogen-bond donors (Lipinski definition) is 0. The van der Waals surface area contributed by atoms with Crippen molar-refractivity contribution in [2.24, 2.45) is 0 Å². The summed E-state index contributed by atoms with van der Waals surface area (Å²) >= 11 is 0. The minimum Gasteiger partial charge on any atom is -0.466 e. The average molecular weight is 238 g/mol. The minimum atomic E-state index is -2.98. The Morgan fingerprint density at radius 2 is 1.80 bits per heavy atom. The van der Waals surface area contributed by atoms with Gasteiger partial charge in [0.05, 0.1) is 26.2 Å². The monoisotopic (exact) mass is 238 g/mol. The van der Waals surface area contributed by atoms with Gasteiger partial charge in [0.1, 0.15) is 0 Å². The normalized spacial score (nSPS) is 14.6. The third-order valence-corrected chi connectivity index (χ3v) is 3.61. The van der Waals surface area contributed by atoms with Gasteiger partial charge in [0, 0.05) is 6.16 Å². The van der Waals surface area contributed by atoms with Gasteiger partial charge in [-0.3, -0.25) is 9.36 Å². The maximum Gasteiger partial charge on any atom is 0.330 e. The van der Waals surface area contributed by atoms with Gasteiger partial charge in [-0.2, -0.15) is 0 Å². The third kappa shape index (κ3) is 6.66. The van der Waals surface area contributed by atoms with E-state index in [9.17, 15) is 9.36 Å². The van der Waals surface area contributed by atoms with Crippen LogP contribution in [0.15, 0.2) is 0 Å². The van der Waals surface area contributed by atoms with Crippen molar-refractivity contribution in [1.29, 1.82) is 0 Å². The Morgan fingerprint density at radius 1 is 1.13 bits per heavy atom. The van der Waals surface area contributed by atoms with Crippen LogP contribution in [0, 0.1) is 0 Å². The van der Waals surface area contributed by atoms with Gasteiger partial charge >= 0.3 is 13.6 Å². The molecule has 0 amide bonds. The first-order valence-electron chi connectivity index (χ1n) is 5.11. The standard InChI is InChI=1S/C9H19O5P/c1-4-12-9(10)7-8-14-15(11,6-3)13-5-2/h4-8H2,1-3H3. The smallest absolute Gasteiger partial charge is 0.330 e. The van der Waals surface area contributed by atoms with Crippen molar-refractivity contribution in [3.63, 3.8) is 0 Å². The third-order valence-electron chi connectivity index (χ3n) is 1.61. The van der Waals surface area contributed by atoms with E-state index in [1.807, 2.05) is 0 Å². The van der Waals surface area contributed by atoms with Crippen molar-refractivity contribution in [2.45, 2.75) is 27.2 Å². The van der Waals surface area contributed by atoms with Crippen LogP contribution in [0.5, 0.6) is 0 Å². The lowest BCUT2D eigenvalue weighted by molar-refractivity contribution is -0.143. The predicted octanol–water partition coefficient (Wildman–Crippen LogP) is 2.21. The molecule has 0 fully saturated rings. The maximum atomic E-state index is 11.7. The molecule has 0 heterocycles. The van der Waals surface area contributed by atoms with E-state index < -0.39 is 7.60 Å². The highest BCUT2D eigenvalue weighted by molar-refractivity contribution is 7.53. The van der Waals surface area contributed by atoms with E-state index in [-0.39, 0.29) is 19.0 Å². The Balaban J connectivity index is 3.82. The topological polar surface area (TPSA) is 61.8 Å². The zero-order chi connectivity index (χ0) is 11.7. The number of carbonyl (C=O) groups is 1. The Hall–Kier alpha value is -0.380. The van der Waals surface area contributed by atoms with Gasteiger partial charge in [-0.25, -0.2) is 0 Å². The summed E-state index contributed by atoms with van der Waals surface area (Å²) in [6.07, 6.45) is 0.411. The first-order chi connectivity index (χ1) is 7.08. The van der Waals surface area contributed by atoms with Crippen LogP contribution in [0.2, 0.25) is 0 Å². The summed E-state index contributed by atoms with van der Waals surface area (Å²) in [5.41, 5.74) is 0. The highest BCUT2D eigenvalue weighted by Crippen LogP contribution is 2.47. The first-order valence-corrected chi connectivity index (χ1v) is 6.84. The highest BCUT2D eigenvalue weighted by atomic mass is 31.2. The van der Waals surface area contributed by atoms with Crippen LogP contribution in [0.25, 0.3) is 0 Å². The summed E-state index contributed by atoms with van der Waals surface area (Å²) in [6, 6.07) is 0. The molecule has 0 radical (unpaired) electrons.